The number of halogens is 1. The first-order chi connectivity index (χ1) is 13.3. The van der Waals surface area contributed by atoms with E-state index >= 15 is 0 Å². The molecule has 0 aliphatic heterocycles. The predicted molar refractivity (Wildman–Crippen MR) is 105 cm³/mol. The number of carbonyl (C=O) groups is 3. The topological polar surface area (TPSA) is 127 Å². The molecule has 1 amide bonds. The van der Waals surface area contributed by atoms with E-state index in [1.807, 2.05) is 32.0 Å². The largest absolute Gasteiger partial charge is 0.483 e. The minimum atomic E-state index is -0.250. The Balaban J connectivity index is 0.00000108. The monoisotopic (exact) mass is 412 g/mol. The second kappa shape index (κ2) is 14.2. The molecule has 2 aromatic rings. The van der Waals surface area contributed by atoms with Crippen LogP contribution in [0.3, 0.4) is 0 Å². The van der Waals surface area contributed by atoms with Gasteiger partial charge in [0.25, 0.3) is 18.9 Å². The van der Waals surface area contributed by atoms with Crippen molar-refractivity contribution in [2.75, 3.05) is 27.2 Å². The number of hydrogen-bond donors (Lipinski definition) is 3. The van der Waals surface area contributed by atoms with Gasteiger partial charge in [0.05, 0.1) is 18.6 Å². The van der Waals surface area contributed by atoms with Gasteiger partial charge in [-0.15, -0.1) is 0 Å². The SMILES string of the molecule is Cc1cc(Cl)ccc1C(=O)N(CCN(C)C)Cc1cnc[nH]1.O=CO.O=CO. The van der Waals surface area contributed by atoms with Gasteiger partial charge in [-0.25, -0.2) is 4.98 Å². The van der Waals surface area contributed by atoms with Crippen LogP contribution in [0.15, 0.2) is 30.7 Å². The summed E-state index contributed by atoms with van der Waals surface area (Å²) < 4.78 is 0. The van der Waals surface area contributed by atoms with Crippen molar-refractivity contribution in [1.29, 1.82) is 0 Å². The Kier molecular flexibility index (Phi) is 12.7. The lowest BCUT2D eigenvalue weighted by molar-refractivity contribution is -0.123. The summed E-state index contributed by atoms with van der Waals surface area (Å²) in [5.41, 5.74) is 2.48. The third-order valence-electron chi connectivity index (χ3n) is 3.44. The molecule has 28 heavy (non-hydrogen) atoms. The number of carbonyl (C=O) groups excluding carboxylic acids is 1. The lowest BCUT2D eigenvalue weighted by Crippen LogP contribution is -2.36. The van der Waals surface area contributed by atoms with Crippen LogP contribution in [0.4, 0.5) is 0 Å². The first-order valence-corrected chi connectivity index (χ1v) is 8.51. The molecule has 1 aromatic heterocycles. The Hall–Kier alpha value is -2.91. The van der Waals surface area contributed by atoms with Gasteiger partial charge in [-0.2, -0.15) is 0 Å². The van der Waals surface area contributed by atoms with Crippen LogP contribution in [0.2, 0.25) is 5.02 Å². The second-order valence-electron chi connectivity index (χ2n) is 5.78. The molecular weight excluding hydrogens is 388 g/mol. The number of amides is 1. The molecule has 0 radical (unpaired) electrons. The van der Waals surface area contributed by atoms with Crippen LogP contribution in [0, 0.1) is 6.92 Å². The van der Waals surface area contributed by atoms with E-state index in [-0.39, 0.29) is 18.9 Å². The van der Waals surface area contributed by atoms with Crippen molar-refractivity contribution in [3.63, 3.8) is 0 Å². The van der Waals surface area contributed by atoms with Crippen LogP contribution in [-0.4, -0.2) is 76.0 Å². The smallest absolute Gasteiger partial charge is 0.290 e. The molecule has 9 nitrogen and oxygen atoms in total. The molecule has 0 unspecified atom stereocenters. The number of nitrogens with zero attached hydrogens (tertiary/aromatic N) is 3. The third-order valence-corrected chi connectivity index (χ3v) is 3.67. The van der Waals surface area contributed by atoms with Gasteiger partial charge in [-0.3, -0.25) is 14.4 Å². The zero-order valence-electron chi connectivity index (χ0n) is 16.0. The average Bonchev–Trinajstić information content (AvgIpc) is 3.12. The molecular formula is C18H25ClN4O5. The van der Waals surface area contributed by atoms with E-state index in [2.05, 4.69) is 14.9 Å². The molecule has 0 spiro atoms. The quantitative estimate of drug-likeness (QED) is 0.619. The summed E-state index contributed by atoms with van der Waals surface area (Å²) in [5.74, 6) is 0.00520. The van der Waals surface area contributed by atoms with Crippen LogP contribution >= 0.6 is 11.6 Å². The maximum atomic E-state index is 12.8. The van der Waals surface area contributed by atoms with Gasteiger partial charge in [0.1, 0.15) is 0 Å². The Morgan fingerprint density at radius 1 is 1.21 bits per heavy atom. The molecule has 0 saturated heterocycles. The fraction of sp³-hybridized carbons (Fsp3) is 0.333. The highest BCUT2D eigenvalue weighted by Crippen LogP contribution is 2.18. The van der Waals surface area contributed by atoms with Crippen molar-refractivity contribution in [1.82, 2.24) is 19.8 Å². The van der Waals surface area contributed by atoms with Crippen LogP contribution in [0.1, 0.15) is 21.6 Å². The van der Waals surface area contributed by atoms with Crippen LogP contribution in [-0.2, 0) is 16.1 Å². The Labute approximate surface area is 168 Å². The first-order valence-electron chi connectivity index (χ1n) is 8.13. The van der Waals surface area contributed by atoms with E-state index < -0.39 is 0 Å². The van der Waals surface area contributed by atoms with Gasteiger partial charge < -0.3 is 25.0 Å². The fourth-order valence-electron chi connectivity index (χ4n) is 2.19. The summed E-state index contributed by atoms with van der Waals surface area (Å²) in [6.07, 6.45) is 3.36. The Bertz CT molecular complexity index is 717. The highest BCUT2D eigenvalue weighted by Gasteiger charge is 2.18. The minimum Gasteiger partial charge on any atom is -0.483 e. The molecule has 0 saturated carbocycles. The van der Waals surface area contributed by atoms with Gasteiger partial charge in [0.15, 0.2) is 0 Å². The minimum absolute atomic E-state index is 0.00520. The van der Waals surface area contributed by atoms with Gasteiger partial charge >= 0.3 is 0 Å². The van der Waals surface area contributed by atoms with E-state index in [1.54, 1.807) is 24.7 Å². The number of H-pyrrole nitrogens is 1. The molecule has 0 aliphatic rings. The molecule has 0 atom stereocenters. The molecule has 2 rings (SSSR count). The summed E-state index contributed by atoms with van der Waals surface area (Å²) in [4.78, 5) is 40.5. The van der Waals surface area contributed by atoms with Crippen molar-refractivity contribution in [2.45, 2.75) is 13.5 Å². The Morgan fingerprint density at radius 3 is 2.29 bits per heavy atom. The highest BCUT2D eigenvalue weighted by atomic mass is 35.5. The number of imidazole rings is 1. The molecule has 1 aromatic carbocycles. The number of benzene rings is 1. The van der Waals surface area contributed by atoms with Gasteiger partial charge in [-0.05, 0) is 44.8 Å². The summed E-state index contributed by atoms with van der Waals surface area (Å²) in [6.45, 7) is 3.35. The summed E-state index contributed by atoms with van der Waals surface area (Å²) in [5, 5.41) is 14.4. The maximum absolute atomic E-state index is 12.8. The second-order valence-corrected chi connectivity index (χ2v) is 6.21. The lowest BCUT2D eigenvalue weighted by atomic mass is 10.1. The fourth-order valence-corrected chi connectivity index (χ4v) is 2.41. The summed E-state index contributed by atoms with van der Waals surface area (Å²) in [6, 6.07) is 5.35. The van der Waals surface area contributed by atoms with Crippen LogP contribution < -0.4 is 0 Å². The van der Waals surface area contributed by atoms with E-state index in [0.29, 0.717) is 23.7 Å². The molecule has 0 fully saturated rings. The molecule has 10 heteroatoms. The van der Waals surface area contributed by atoms with E-state index in [9.17, 15) is 4.79 Å². The van der Waals surface area contributed by atoms with Gasteiger partial charge in [-0.1, -0.05) is 11.6 Å². The predicted octanol–water partition coefficient (Wildman–Crippen LogP) is 1.98. The maximum Gasteiger partial charge on any atom is 0.290 e. The molecule has 1 heterocycles. The van der Waals surface area contributed by atoms with Crippen molar-refractivity contribution < 1.29 is 24.6 Å². The van der Waals surface area contributed by atoms with Gasteiger partial charge in [0, 0.05) is 29.9 Å². The number of likely N-dealkylation sites (N-methyl/N-ethyl adjacent to an activating group) is 1. The average molecular weight is 413 g/mol. The zero-order chi connectivity index (χ0) is 21.5. The van der Waals surface area contributed by atoms with Crippen LogP contribution in [0.25, 0.3) is 0 Å². The molecule has 0 aliphatic carbocycles. The number of aromatic nitrogens is 2. The lowest BCUT2D eigenvalue weighted by Gasteiger charge is -2.24. The number of carboxylic acid groups (broad SMARTS) is 2. The number of hydrogen-bond acceptors (Lipinski definition) is 5. The van der Waals surface area contributed by atoms with Crippen molar-refractivity contribution in [3.8, 4) is 0 Å². The third kappa shape index (κ3) is 9.70. The standard InChI is InChI=1S/C16H21ClN4O.2CH2O2/c1-12-8-13(17)4-5-15(12)16(22)21(7-6-20(2)3)10-14-9-18-11-19-14;2*2-1-3/h4-5,8-9,11H,6-7,10H2,1-3H3,(H,18,19);2*1H,(H,2,3). The van der Waals surface area contributed by atoms with E-state index in [0.717, 1.165) is 17.8 Å². The normalized spacial score (nSPS) is 9.46. The van der Waals surface area contributed by atoms with Gasteiger partial charge in [0.2, 0.25) is 0 Å². The number of nitrogens with one attached hydrogen (secondary N) is 1. The summed E-state index contributed by atoms with van der Waals surface area (Å²) in [7, 11) is 3.98. The van der Waals surface area contributed by atoms with Crippen molar-refractivity contribution in [2.24, 2.45) is 0 Å². The number of aryl methyl sites for hydroxylation is 1. The van der Waals surface area contributed by atoms with Crippen LogP contribution in [0.5, 0.6) is 0 Å². The van der Waals surface area contributed by atoms with E-state index in [1.165, 1.54) is 0 Å². The summed E-state index contributed by atoms with van der Waals surface area (Å²) >= 11 is 5.97. The van der Waals surface area contributed by atoms with Crippen molar-refractivity contribution >= 4 is 30.5 Å². The van der Waals surface area contributed by atoms with Crippen molar-refractivity contribution in [3.05, 3.63) is 52.6 Å². The first kappa shape index (κ1) is 25.1. The van der Waals surface area contributed by atoms with E-state index in [4.69, 9.17) is 31.4 Å². The molecule has 3 N–H and O–H groups in total. The molecule has 154 valence electrons. The number of rotatable bonds is 6. The molecule has 0 bridgehead atoms. The highest BCUT2D eigenvalue weighted by molar-refractivity contribution is 6.30. The number of aromatic amines is 1. The zero-order valence-corrected chi connectivity index (χ0v) is 16.8. The Morgan fingerprint density at radius 2 is 1.82 bits per heavy atom.